The third-order valence-corrected chi connectivity index (χ3v) is 1.68. The summed E-state index contributed by atoms with van der Waals surface area (Å²) >= 11 is 5.37. The van der Waals surface area contributed by atoms with Gasteiger partial charge in [0.25, 0.3) is 0 Å². The summed E-state index contributed by atoms with van der Waals surface area (Å²) in [6.45, 7) is 1.70. The largest absolute Gasteiger partial charge is 0.381 e. The summed E-state index contributed by atoms with van der Waals surface area (Å²) in [4.78, 5) is 2.70. The number of nitrogens with one attached hydrogen (secondary N) is 1. The highest BCUT2D eigenvalue weighted by Crippen LogP contribution is 2.05. The van der Waals surface area contributed by atoms with Gasteiger partial charge in [-0.3, -0.25) is 0 Å². The van der Waals surface area contributed by atoms with Crippen LogP contribution in [-0.2, 0) is 4.74 Å². The SMILES string of the molecule is ClNC1CCOCC1. The molecule has 1 rings (SSSR count). The number of hydrogen-bond donors (Lipinski definition) is 1. The smallest absolute Gasteiger partial charge is 0.0481 e. The molecule has 1 aliphatic heterocycles. The molecule has 1 aliphatic rings. The lowest BCUT2D eigenvalue weighted by Gasteiger charge is -2.19. The lowest BCUT2D eigenvalue weighted by Crippen LogP contribution is -2.28. The monoisotopic (exact) mass is 135 g/mol. The van der Waals surface area contributed by atoms with Gasteiger partial charge in [-0.15, -0.1) is 0 Å². The first kappa shape index (κ1) is 6.33. The molecule has 0 aromatic rings. The van der Waals surface area contributed by atoms with Crippen LogP contribution in [0.15, 0.2) is 0 Å². The van der Waals surface area contributed by atoms with Gasteiger partial charge in [-0.1, -0.05) is 0 Å². The molecule has 0 radical (unpaired) electrons. The van der Waals surface area contributed by atoms with Gasteiger partial charge in [0.1, 0.15) is 0 Å². The molecule has 1 N–H and O–H groups in total. The van der Waals surface area contributed by atoms with Crippen LogP contribution in [0.5, 0.6) is 0 Å². The van der Waals surface area contributed by atoms with Gasteiger partial charge in [-0.25, -0.2) is 4.84 Å². The molecule has 0 amide bonds. The quantitative estimate of drug-likeness (QED) is 0.540. The second-order valence-electron chi connectivity index (χ2n) is 2.00. The van der Waals surface area contributed by atoms with E-state index in [0.717, 1.165) is 26.1 Å². The molecule has 0 saturated carbocycles. The maximum Gasteiger partial charge on any atom is 0.0481 e. The molecule has 0 unspecified atom stereocenters. The molecule has 0 aliphatic carbocycles. The summed E-state index contributed by atoms with van der Waals surface area (Å²) in [5.74, 6) is 0. The Morgan fingerprint density at radius 1 is 1.38 bits per heavy atom. The van der Waals surface area contributed by atoms with E-state index < -0.39 is 0 Å². The standard InChI is InChI=1S/C5H10ClNO/c6-7-5-1-3-8-4-2-5/h5,7H,1-4H2. The molecule has 1 saturated heterocycles. The highest BCUT2D eigenvalue weighted by molar-refractivity contribution is 6.13. The molecular weight excluding hydrogens is 126 g/mol. The van der Waals surface area contributed by atoms with Crippen LogP contribution < -0.4 is 4.84 Å². The minimum atomic E-state index is 0.477. The van der Waals surface area contributed by atoms with Crippen LogP contribution in [0.2, 0.25) is 0 Å². The Morgan fingerprint density at radius 2 is 2.00 bits per heavy atom. The summed E-state index contributed by atoms with van der Waals surface area (Å²) < 4.78 is 5.10. The third-order valence-electron chi connectivity index (χ3n) is 1.38. The maximum absolute atomic E-state index is 5.37. The molecule has 1 heterocycles. The zero-order chi connectivity index (χ0) is 5.82. The second kappa shape index (κ2) is 3.28. The normalized spacial score (nSPS) is 23.6. The third kappa shape index (κ3) is 1.62. The van der Waals surface area contributed by atoms with Crippen LogP contribution in [0.4, 0.5) is 0 Å². The Hall–Kier alpha value is 0.210. The molecule has 0 atom stereocenters. The van der Waals surface area contributed by atoms with E-state index in [0.29, 0.717) is 6.04 Å². The van der Waals surface area contributed by atoms with E-state index in [1.54, 1.807) is 0 Å². The summed E-state index contributed by atoms with van der Waals surface area (Å²) in [5.41, 5.74) is 0. The van der Waals surface area contributed by atoms with Gasteiger partial charge in [-0.2, -0.15) is 0 Å². The van der Waals surface area contributed by atoms with Gasteiger partial charge in [0.2, 0.25) is 0 Å². The van der Waals surface area contributed by atoms with Crippen molar-refractivity contribution in [3.05, 3.63) is 0 Å². The molecule has 3 heteroatoms. The van der Waals surface area contributed by atoms with E-state index >= 15 is 0 Å². The van der Waals surface area contributed by atoms with Crippen molar-refractivity contribution in [3.63, 3.8) is 0 Å². The minimum Gasteiger partial charge on any atom is -0.381 e. The summed E-state index contributed by atoms with van der Waals surface area (Å²) in [6.07, 6.45) is 2.09. The summed E-state index contributed by atoms with van der Waals surface area (Å²) in [7, 11) is 0. The summed E-state index contributed by atoms with van der Waals surface area (Å²) in [6, 6.07) is 0.477. The van der Waals surface area contributed by atoms with Crippen LogP contribution in [0.1, 0.15) is 12.8 Å². The Kier molecular flexibility index (Phi) is 2.59. The van der Waals surface area contributed by atoms with Gasteiger partial charge >= 0.3 is 0 Å². The predicted octanol–water partition coefficient (Wildman–Crippen LogP) is 0.909. The van der Waals surface area contributed by atoms with Crippen molar-refractivity contribution in [1.29, 1.82) is 0 Å². The average Bonchev–Trinajstić information content (AvgIpc) is 1.90. The molecular formula is C5H10ClNO. The van der Waals surface area contributed by atoms with Crippen molar-refractivity contribution < 1.29 is 4.74 Å². The zero-order valence-electron chi connectivity index (χ0n) is 4.69. The molecule has 1 fully saturated rings. The highest BCUT2D eigenvalue weighted by atomic mass is 35.5. The zero-order valence-corrected chi connectivity index (χ0v) is 5.45. The van der Waals surface area contributed by atoms with Gasteiger partial charge < -0.3 is 4.74 Å². The van der Waals surface area contributed by atoms with Crippen molar-refractivity contribution >= 4 is 11.8 Å². The van der Waals surface area contributed by atoms with Crippen molar-refractivity contribution in [3.8, 4) is 0 Å². The van der Waals surface area contributed by atoms with E-state index in [1.807, 2.05) is 0 Å². The minimum absolute atomic E-state index is 0.477. The van der Waals surface area contributed by atoms with E-state index in [4.69, 9.17) is 16.5 Å². The lowest BCUT2D eigenvalue weighted by atomic mass is 10.1. The molecule has 0 spiro atoms. The van der Waals surface area contributed by atoms with Crippen LogP contribution in [0.3, 0.4) is 0 Å². The van der Waals surface area contributed by atoms with E-state index in [9.17, 15) is 0 Å². The number of hydrogen-bond acceptors (Lipinski definition) is 2. The van der Waals surface area contributed by atoms with Crippen molar-refractivity contribution in [2.75, 3.05) is 13.2 Å². The first-order valence-corrected chi connectivity index (χ1v) is 3.25. The fourth-order valence-electron chi connectivity index (χ4n) is 0.807. The van der Waals surface area contributed by atoms with Crippen LogP contribution >= 0.6 is 11.8 Å². The Morgan fingerprint density at radius 3 is 2.38 bits per heavy atom. The van der Waals surface area contributed by atoms with E-state index in [1.165, 1.54) is 0 Å². The van der Waals surface area contributed by atoms with Gasteiger partial charge in [0, 0.05) is 19.3 Å². The molecule has 2 nitrogen and oxygen atoms in total. The van der Waals surface area contributed by atoms with Gasteiger partial charge in [0.05, 0.1) is 0 Å². The van der Waals surface area contributed by atoms with E-state index in [2.05, 4.69) is 4.84 Å². The first-order valence-electron chi connectivity index (χ1n) is 2.87. The van der Waals surface area contributed by atoms with Crippen molar-refractivity contribution in [2.24, 2.45) is 0 Å². The van der Waals surface area contributed by atoms with Gasteiger partial charge in [-0.05, 0) is 24.6 Å². The second-order valence-corrected chi connectivity index (χ2v) is 2.21. The Balaban J connectivity index is 2.13. The van der Waals surface area contributed by atoms with Crippen LogP contribution in [0, 0.1) is 0 Å². The molecule has 48 valence electrons. The maximum atomic E-state index is 5.37. The number of halogens is 1. The fourth-order valence-corrected chi connectivity index (χ4v) is 1.02. The van der Waals surface area contributed by atoms with Crippen LogP contribution in [-0.4, -0.2) is 19.3 Å². The number of rotatable bonds is 1. The lowest BCUT2D eigenvalue weighted by molar-refractivity contribution is 0.0833. The molecule has 0 bridgehead atoms. The molecule has 0 aromatic carbocycles. The van der Waals surface area contributed by atoms with E-state index in [-0.39, 0.29) is 0 Å². The van der Waals surface area contributed by atoms with Crippen LogP contribution in [0.25, 0.3) is 0 Å². The highest BCUT2D eigenvalue weighted by Gasteiger charge is 2.10. The van der Waals surface area contributed by atoms with Gasteiger partial charge in [0.15, 0.2) is 0 Å². The number of ether oxygens (including phenoxy) is 1. The summed E-state index contributed by atoms with van der Waals surface area (Å²) in [5, 5.41) is 0. The van der Waals surface area contributed by atoms with Crippen molar-refractivity contribution in [2.45, 2.75) is 18.9 Å². The molecule has 0 aromatic heterocycles. The average molecular weight is 136 g/mol. The Bertz CT molecular complexity index is 63.4. The van der Waals surface area contributed by atoms with Crippen molar-refractivity contribution in [1.82, 2.24) is 4.84 Å². The predicted molar refractivity (Wildman–Crippen MR) is 32.8 cm³/mol. The fraction of sp³-hybridized carbons (Fsp3) is 1.00. The first-order chi connectivity index (χ1) is 3.93. The molecule has 8 heavy (non-hydrogen) atoms. The Labute approximate surface area is 54.3 Å². The topological polar surface area (TPSA) is 21.3 Å².